The zero-order valence-electron chi connectivity index (χ0n) is 15.1. The lowest BCUT2D eigenvalue weighted by Crippen LogP contribution is -2.29. The van der Waals surface area contributed by atoms with E-state index in [1.54, 1.807) is 7.11 Å². The average Bonchev–Trinajstić information content (AvgIpc) is 2.59. The fourth-order valence-electron chi connectivity index (χ4n) is 2.28. The van der Waals surface area contributed by atoms with Gasteiger partial charge >= 0.3 is 0 Å². The number of carbonyl (C=O) groups excluding carboxylic acids is 1. The number of benzene rings is 1. The van der Waals surface area contributed by atoms with Crippen LogP contribution in [0.25, 0.3) is 0 Å². The standard InChI is InChI=1S/C19H32N2O3/c1-3-4-5-6-7-15-24-18-11-9-17(10-12-18)21-19(22)16-20-13-8-14-23-2/h9-12,20H,3-8,13-16H2,1-2H3,(H,21,22). The van der Waals surface area contributed by atoms with Gasteiger partial charge in [-0.05, 0) is 43.7 Å². The van der Waals surface area contributed by atoms with Crippen LogP contribution < -0.4 is 15.4 Å². The first-order chi connectivity index (χ1) is 11.8. The van der Waals surface area contributed by atoms with Crippen molar-refractivity contribution in [3.63, 3.8) is 0 Å². The molecule has 0 aliphatic rings. The van der Waals surface area contributed by atoms with Gasteiger partial charge in [0.25, 0.3) is 0 Å². The summed E-state index contributed by atoms with van der Waals surface area (Å²) in [6.45, 7) is 4.75. The Balaban J connectivity index is 2.16. The molecule has 0 saturated carbocycles. The molecule has 1 aromatic rings. The predicted molar refractivity (Wildman–Crippen MR) is 98.7 cm³/mol. The molecule has 0 aliphatic carbocycles. The van der Waals surface area contributed by atoms with Gasteiger partial charge in [0.15, 0.2) is 0 Å². The van der Waals surface area contributed by atoms with Crippen LogP contribution in [0.1, 0.15) is 45.4 Å². The van der Waals surface area contributed by atoms with E-state index in [-0.39, 0.29) is 5.91 Å². The van der Waals surface area contributed by atoms with E-state index in [9.17, 15) is 4.79 Å². The smallest absolute Gasteiger partial charge is 0.238 e. The van der Waals surface area contributed by atoms with Gasteiger partial charge in [-0.2, -0.15) is 0 Å². The summed E-state index contributed by atoms with van der Waals surface area (Å²) < 4.78 is 10.7. The molecule has 0 aromatic heterocycles. The van der Waals surface area contributed by atoms with Crippen LogP contribution in [0.5, 0.6) is 5.75 Å². The molecule has 136 valence electrons. The summed E-state index contributed by atoms with van der Waals surface area (Å²) in [6, 6.07) is 7.53. The second kappa shape index (κ2) is 13.8. The SMILES string of the molecule is CCCCCCCOc1ccc(NC(=O)CNCCCOC)cc1. The van der Waals surface area contributed by atoms with E-state index in [2.05, 4.69) is 17.6 Å². The molecule has 2 N–H and O–H groups in total. The lowest BCUT2D eigenvalue weighted by molar-refractivity contribution is -0.115. The molecule has 1 aromatic carbocycles. The molecular weight excluding hydrogens is 304 g/mol. The number of ether oxygens (including phenoxy) is 2. The first-order valence-electron chi connectivity index (χ1n) is 8.98. The molecule has 0 fully saturated rings. The Morgan fingerprint density at radius 2 is 1.75 bits per heavy atom. The Kier molecular flexibility index (Phi) is 11.8. The first kappa shape index (κ1) is 20.5. The van der Waals surface area contributed by atoms with Crippen LogP contribution in [0.15, 0.2) is 24.3 Å². The van der Waals surface area contributed by atoms with Gasteiger partial charge in [0.2, 0.25) is 5.91 Å². The second-order valence-electron chi connectivity index (χ2n) is 5.86. The van der Waals surface area contributed by atoms with Gasteiger partial charge in [-0.15, -0.1) is 0 Å². The molecule has 5 heteroatoms. The van der Waals surface area contributed by atoms with Gasteiger partial charge in [-0.25, -0.2) is 0 Å². The summed E-state index contributed by atoms with van der Waals surface area (Å²) in [5, 5.41) is 5.95. The molecular formula is C19H32N2O3. The Labute approximate surface area is 146 Å². The van der Waals surface area contributed by atoms with Crippen LogP contribution in [0.4, 0.5) is 5.69 Å². The first-order valence-corrected chi connectivity index (χ1v) is 8.98. The molecule has 1 rings (SSSR count). The minimum atomic E-state index is -0.0444. The fraction of sp³-hybridized carbons (Fsp3) is 0.632. The van der Waals surface area contributed by atoms with Gasteiger partial charge in [-0.1, -0.05) is 32.6 Å². The van der Waals surface area contributed by atoms with Crippen molar-refractivity contribution in [2.45, 2.75) is 45.4 Å². The third kappa shape index (κ3) is 10.2. The highest BCUT2D eigenvalue weighted by molar-refractivity contribution is 5.92. The average molecular weight is 336 g/mol. The molecule has 0 saturated heterocycles. The van der Waals surface area contributed by atoms with Crippen molar-refractivity contribution < 1.29 is 14.3 Å². The summed E-state index contributed by atoms with van der Waals surface area (Å²) in [5.74, 6) is 0.804. The van der Waals surface area contributed by atoms with Gasteiger partial charge in [0.1, 0.15) is 5.75 Å². The Morgan fingerprint density at radius 3 is 2.46 bits per heavy atom. The van der Waals surface area contributed by atoms with E-state index in [1.807, 2.05) is 24.3 Å². The van der Waals surface area contributed by atoms with Crippen LogP contribution in [0.2, 0.25) is 0 Å². The number of rotatable bonds is 14. The van der Waals surface area contributed by atoms with E-state index < -0.39 is 0 Å². The minimum Gasteiger partial charge on any atom is -0.494 e. The summed E-state index contributed by atoms with van der Waals surface area (Å²) in [4.78, 5) is 11.8. The number of carbonyl (C=O) groups is 1. The van der Waals surface area contributed by atoms with Crippen molar-refractivity contribution >= 4 is 11.6 Å². The molecule has 0 radical (unpaired) electrons. The van der Waals surface area contributed by atoms with Crippen molar-refractivity contribution in [3.05, 3.63) is 24.3 Å². The highest BCUT2D eigenvalue weighted by Crippen LogP contribution is 2.16. The topological polar surface area (TPSA) is 59.6 Å². The number of nitrogens with one attached hydrogen (secondary N) is 2. The van der Waals surface area contributed by atoms with Crippen molar-refractivity contribution in [2.24, 2.45) is 0 Å². The Hall–Kier alpha value is -1.59. The monoisotopic (exact) mass is 336 g/mol. The van der Waals surface area contributed by atoms with Crippen LogP contribution in [-0.4, -0.2) is 39.3 Å². The Bertz CT molecular complexity index is 435. The molecule has 24 heavy (non-hydrogen) atoms. The van der Waals surface area contributed by atoms with Crippen molar-refractivity contribution in [1.29, 1.82) is 0 Å². The van der Waals surface area contributed by atoms with Crippen LogP contribution in [-0.2, 0) is 9.53 Å². The lowest BCUT2D eigenvalue weighted by atomic mass is 10.2. The third-order valence-electron chi connectivity index (χ3n) is 3.64. The molecule has 0 spiro atoms. The maximum atomic E-state index is 11.8. The zero-order chi connectivity index (χ0) is 17.5. The second-order valence-corrected chi connectivity index (χ2v) is 5.86. The molecule has 0 unspecified atom stereocenters. The zero-order valence-corrected chi connectivity index (χ0v) is 15.1. The summed E-state index contributed by atoms with van der Waals surface area (Å²) in [5.41, 5.74) is 0.786. The van der Waals surface area contributed by atoms with Crippen LogP contribution >= 0.6 is 0 Å². The summed E-state index contributed by atoms with van der Waals surface area (Å²) >= 11 is 0. The van der Waals surface area contributed by atoms with E-state index in [0.717, 1.165) is 37.4 Å². The number of hydrogen-bond donors (Lipinski definition) is 2. The van der Waals surface area contributed by atoms with Gasteiger partial charge < -0.3 is 20.1 Å². The van der Waals surface area contributed by atoms with Gasteiger partial charge in [-0.3, -0.25) is 4.79 Å². The van der Waals surface area contributed by atoms with Crippen molar-refractivity contribution in [1.82, 2.24) is 5.32 Å². The molecule has 0 atom stereocenters. The maximum Gasteiger partial charge on any atom is 0.238 e. The number of hydrogen-bond acceptors (Lipinski definition) is 4. The van der Waals surface area contributed by atoms with E-state index in [1.165, 1.54) is 25.7 Å². The molecule has 5 nitrogen and oxygen atoms in total. The number of amides is 1. The quantitative estimate of drug-likeness (QED) is 0.510. The highest BCUT2D eigenvalue weighted by atomic mass is 16.5. The van der Waals surface area contributed by atoms with Crippen molar-refractivity contribution in [3.8, 4) is 5.75 Å². The van der Waals surface area contributed by atoms with Gasteiger partial charge in [0, 0.05) is 19.4 Å². The predicted octanol–water partition coefficient (Wildman–Crippen LogP) is 3.60. The minimum absolute atomic E-state index is 0.0444. The highest BCUT2D eigenvalue weighted by Gasteiger charge is 2.02. The van der Waals surface area contributed by atoms with Crippen LogP contribution in [0, 0.1) is 0 Å². The molecule has 0 aliphatic heterocycles. The molecule has 0 bridgehead atoms. The third-order valence-corrected chi connectivity index (χ3v) is 3.64. The van der Waals surface area contributed by atoms with E-state index in [0.29, 0.717) is 13.2 Å². The number of methoxy groups -OCH3 is 1. The molecule has 0 heterocycles. The van der Waals surface area contributed by atoms with E-state index >= 15 is 0 Å². The van der Waals surface area contributed by atoms with Gasteiger partial charge in [0.05, 0.1) is 13.2 Å². The van der Waals surface area contributed by atoms with Crippen LogP contribution in [0.3, 0.4) is 0 Å². The lowest BCUT2D eigenvalue weighted by Gasteiger charge is -2.09. The summed E-state index contributed by atoms with van der Waals surface area (Å²) in [7, 11) is 1.67. The maximum absolute atomic E-state index is 11.8. The fourth-order valence-corrected chi connectivity index (χ4v) is 2.28. The Morgan fingerprint density at radius 1 is 1.00 bits per heavy atom. The van der Waals surface area contributed by atoms with Crippen molar-refractivity contribution in [2.75, 3.05) is 38.7 Å². The number of unbranched alkanes of at least 4 members (excludes halogenated alkanes) is 4. The largest absolute Gasteiger partial charge is 0.494 e. The summed E-state index contributed by atoms with van der Waals surface area (Å²) in [6.07, 6.45) is 7.05. The van der Waals surface area contributed by atoms with E-state index in [4.69, 9.17) is 9.47 Å². The normalized spacial score (nSPS) is 10.6. The number of anilines is 1. The molecule has 1 amide bonds.